The van der Waals surface area contributed by atoms with Gasteiger partial charge in [0.2, 0.25) is 0 Å². The third-order valence-corrected chi connectivity index (χ3v) is 4.04. The van der Waals surface area contributed by atoms with Crippen LogP contribution in [0.5, 0.6) is 11.5 Å². The van der Waals surface area contributed by atoms with Gasteiger partial charge in [0.1, 0.15) is 6.61 Å². The molecule has 0 bridgehead atoms. The van der Waals surface area contributed by atoms with Gasteiger partial charge < -0.3 is 19.9 Å². The van der Waals surface area contributed by atoms with Crippen LogP contribution in [-0.2, 0) is 13.2 Å². The molecule has 0 aromatic heterocycles. The Kier molecular flexibility index (Phi) is 9.23. The summed E-state index contributed by atoms with van der Waals surface area (Å²) in [5, 5.41) is 13.2. The fraction of sp³-hybridized carbons (Fsp3) is 0.400. The lowest BCUT2D eigenvalue weighted by atomic mass is 10.1. The third kappa shape index (κ3) is 6.69. The molecule has 0 unspecified atom stereocenters. The van der Waals surface area contributed by atoms with Crippen molar-refractivity contribution in [1.82, 2.24) is 5.32 Å². The fourth-order valence-corrected chi connectivity index (χ4v) is 2.54. The number of aliphatic hydroxyl groups excluding tert-OH is 1. The zero-order valence-corrected chi connectivity index (χ0v) is 17.0. The van der Waals surface area contributed by atoms with E-state index in [1.165, 1.54) is 0 Å². The summed E-state index contributed by atoms with van der Waals surface area (Å²) in [6, 6.07) is 13.7. The predicted molar refractivity (Wildman–Crippen MR) is 109 cm³/mol. The first kappa shape index (κ1) is 22.6. The maximum Gasteiger partial charge on any atom is 0.180 e. The van der Waals surface area contributed by atoms with Crippen molar-refractivity contribution in [3.8, 4) is 11.5 Å². The Morgan fingerprint density at radius 2 is 1.77 bits per heavy atom. The van der Waals surface area contributed by atoms with Gasteiger partial charge >= 0.3 is 0 Å². The zero-order valence-electron chi connectivity index (χ0n) is 15.4. The van der Waals surface area contributed by atoms with Crippen LogP contribution in [0.25, 0.3) is 0 Å². The lowest BCUT2D eigenvalue weighted by Crippen LogP contribution is -2.42. The molecular formula is C20H27Cl2NO3. The van der Waals surface area contributed by atoms with E-state index >= 15 is 0 Å². The minimum Gasteiger partial charge on any atom is -0.490 e. The highest BCUT2D eigenvalue weighted by Gasteiger charge is 2.17. The lowest BCUT2D eigenvalue weighted by molar-refractivity contribution is 0.187. The van der Waals surface area contributed by atoms with Gasteiger partial charge in [0.25, 0.3) is 0 Å². The summed E-state index contributed by atoms with van der Waals surface area (Å²) in [5.74, 6) is 1.18. The average molecular weight is 400 g/mol. The molecule has 4 nitrogen and oxygen atoms in total. The van der Waals surface area contributed by atoms with E-state index in [0.717, 1.165) is 11.1 Å². The van der Waals surface area contributed by atoms with Crippen LogP contribution in [0.1, 0.15) is 31.9 Å². The van der Waals surface area contributed by atoms with Gasteiger partial charge in [0, 0.05) is 12.1 Å². The Hall–Kier alpha value is -1.46. The standard InChI is InChI=1S/C20H26ClNO3.ClH/c1-4-24-18-11-16(12-22-20(2,3)14-23)10-17(21)19(18)25-13-15-8-6-5-7-9-15;/h5-11,22-23H,4,12-14H2,1-3H3;1H. The van der Waals surface area contributed by atoms with E-state index in [4.69, 9.17) is 21.1 Å². The van der Waals surface area contributed by atoms with Crippen molar-refractivity contribution in [3.63, 3.8) is 0 Å². The third-order valence-electron chi connectivity index (χ3n) is 3.76. The van der Waals surface area contributed by atoms with Crippen LogP contribution in [0.15, 0.2) is 42.5 Å². The molecular weight excluding hydrogens is 373 g/mol. The lowest BCUT2D eigenvalue weighted by Gasteiger charge is -2.24. The number of halogens is 2. The topological polar surface area (TPSA) is 50.7 Å². The first-order valence-corrected chi connectivity index (χ1v) is 8.81. The molecule has 6 heteroatoms. The van der Waals surface area contributed by atoms with Crippen molar-refractivity contribution in [2.75, 3.05) is 13.2 Å². The van der Waals surface area contributed by atoms with E-state index in [1.807, 2.05) is 63.2 Å². The number of aliphatic hydroxyl groups is 1. The number of hydrogen-bond donors (Lipinski definition) is 2. The summed E-state index contributed by atoms with van der Waals surface area (Å²) < 4.78 is 11.6. The molecule has 144 valence electrons. The Morgan fingerprint density at radius 3 is 2.38 bits per heavy atom. The van der Waals surface area contributed by atoms with Crippen molar-refractivity contribution in [2.24, 2.45) is 0 Å². The van der Waals surface area contributed by atoms with Gasteiger partial charge in [-0.05, 0) is 44.0 Å². The Labute approximate surface area is 166 Å². The molecule has 0 fully saturated rings. The second kappa shape index (κ2) is 10.6. The summed E-state index contributed by atoms with van der Waals surface area (Å²) in [6.07, 6.45) is 0. The highest BCUT2D eigenvalue weighted by molar-refractivity contribution is 6.32. The molecule has 2 aromatic carbocycles. The smallest absolute Gasteiger partial charge is 0.180 e. The summed E-state index contributed by atoms with van der Waals surface area (Å²) >= 11 is 6.44. The summed E-state index contributed by atoms with van der Waals surface area (Å²) in [6.45, 7) is 7.38. The van der Waals surface area contributed by atoms with Crippen LogP contribution in [0.3, 0.4) is 0 Å². The molecule has 0 aliphatic rings. The normalized spacial score (nSPS) is 11.0. The highest BCUT2D eigenvalue weighted by atomic mass is 35.5. The molecule has 0 spiro atoms. The van der Waals surface area contributed by atoms with Crippen molar-refractivity contribution in [1.29, 1.82) is 0 Å². The van der Waals surface area contributed by atoms with Crippen molar-refractivity contribution < 1.29 is 14.6 Å². The van der Waals surface area contributed by atoms with Crippen LogP contribution in [0.4, 0.5) is 0 Å². The molecule has 0 aliphatic carbocycles. The molecule has 0 aliphatic heterocycles. The number of hydrogen-bond acceptors (Lipinski definition) is 4. The maximum atomic E-state index is 9.35. The molecule has 0 atom stereocenters. The number of benzene rings is 2. The predicted octanol–water partition coefficient (Wildman–Crippen LogP) is 4.60. The van der Waals surface area contributed by atoms with Crippen LogP contribution in [-0.4, -0.2) is 23.9 Å². The monoisotopic (exact) mass is 399 g/mol. The fourth-order valence-electron chi connectivity index (χ4n) is 2.25. The largest absolute Gasteiger partial charge is 0.490 e. The first-order valence-electron chi connectivity index (χ1n) is 8.43. The quantitative estimate of drug-likeness (QED) is 0.646. The van der Waals surface area contributed by atoms with E-state index < -0.39 is 0 Å². The number of ether oxygens (including phenoxy) is 2. The van der Waals surface area contributed by atoms with Crippen molar-refractivity contribution in [3.05, 3.63) is 58.6 Å². The van der Waals surface area contributed by atoms with Gasteiger partial charge in [-0.15, -0.1) is 12.4 Å². The van der Waals surface area contributed by atoms with Gasteiger partial charge in [0.05, 0.1) is 18.2 Å². The minimum absolute atomic E-state index is 0. The second-order valence-corrected chi connectivity index (χ2v) is 6.91. The number of rotatable bonds is 9. The molecule has 0 radical (unpaired) electrons. The van der Waals surface area contributed by atoms with Crippen LogP contribution < -0.4 is 14.8 Å². The first-order chi connectivity index (χ1) is 11.9. The van der Waals surface area contributed by atoms with Gasteiger partial charge in [-0.2, -0.15) is 0 Å². The van der Waals surface area contributed by atoms with E-state index in [9.17, 15) is 5.11 Å². The molecule has 0 amide bonds. The van der Waals surface area contributed by atoms with E-state index in [-0.39, 0.29) is 24.6 Å². The number of nitrogens with one attached hydrogen (secondary N) is 1. The van der Waals surface area contributed by atoms with Gasteiger partial charge in [-0.3, -0.25) is 0 Å². The summed E-state index contributed by atoms with van der Waals surface area (Å²) in [7, 11) is 0. The molecule has 0 heterocycles. The Morgan fingerprint density at radius 1 is 1.08 bits per heavy atom. The van der Waals surface area contributed by atoms with Crippen LogP contribution >= 0.6 is 24.0 Å². The van der Waals surface area contributed by atoms with Crippen molar-refractivity contribution >= 4 is 24.0 Å². The van der Waals surface area contributed by atoms with Crippen molar-refractivity contribution in [2.45, 2.75) is 39.5 Å². The average Bonchev–Trinajstić information content (AvgIpc) is 2.60. The van der Waals surface area contributed by atoms with Gasteiger partial charge in [0.15, 0.2) is 11.5 Å². The molecule has 2 N–H and O–H groups in total. The summed E-state index contributed by atoms with van der Waals surface area (Å²) in [5.41, 5.74) is 1.68. The summed E-state index contributed by atoms with van der Waals surface area (Å²) in [4.78, 5) is 0. The van der Waals surface area contributed by atoms with Gasteiger partial charge in [-0.25, -0.2) is 0 Å². The minimum atomic E-state index is -0.360. The van der Waals surface area contributed by atoms with E-state index in [0.29, 0.717) is 36.3 Å². The Balaban J connectivity index is 0.00000338. The SMILES string of the molecule is CCOc1cc(CNC(C)(C)CO)cc(Cl)c1OCc1ccccc1.Cl. The Bertz CT molecular complexity index is 678. The van der Waals surface area contributed by atoms with E-state index in [1.54, 1.807) is 0 Å². The molecule has 26 heavy (non-hydrogen) atoms. The van der Waals surface area contributed by atoms with Gasteiger partial charge in [-0.1, -0.05) is 41.9 Å². The second-order valence-electron chi connectivity index (χ2n) is 6.51. The van der Waals surface area contributed by atoms with Crippen LogP contribution in [0.2, 0.25) is 5.02 Å². The molecule has 0 saturated heterocycles. The molecule has 0 saturated carbocycles. The van der Waals surface area contributed by atoms with Crippen LogP contribution in [0, 0.1) is 0 Å². The molecule has 2 rings (SSSR count). The highest BCUT2D eigenvalue weighted by Crippen LogP contribution is 2.37. The molecule has 2 aromatic rings. The zero-order chi connectivity index (χ0) is 18.3. The maximum absolute atomic E-state index is 9.35. The van der Waals surface area contributed by atoms with E-state index in [2.05, 4.69) is 5.32 Å².